The van der Waals surface area contributed by atoms with E-state index in [1.165, 1.54) is 24.2 Å². The number of benzene rings is 1. The number of ether oxygens (including phenoxy) is 1. The van der Waals surface area contributed by atoms with Gasteiger partial charge in [0.15, 0.2) is 0 Å². The van der Waals surface area contributed by atoms with E-state index in [1.807, 2.05) is 31.2 Å². The Bertz CT molecular complexity index is 721. The van der Waals surface area contributed by atoms with Crippen molar-refractivity contribution in [2.24, 2.45) is 5.92 Å². The van der Waals surface area contributed by atoms with Gasteiger partial charge in [0.05, 0.1) is 16.7 Å². The van der Waals surface area contributed by atoms with Crippen LogP contribution in [0.2, 0.25) is 0 Å². The molecule has 1 aliphatic carbocycles. The molecule has 1 fully saturated rings. The van der Waals surface area contributed by atoms with Crippen molar-refractivity contribution in [1.29, 1.82) is 0 Å². The number of carbonyl (C=O) groups excluding carboxylic acids is 1. The number of thiazole rings is 1. The zero-order valence-corrected chi connectivity index (χ0v) is 13.3. The van der Waals surface area contributed by atoms with Gasteiger partial charge in [-0.2, -0.15) is 0 Å². The molecular formula is C17H18N2O2S. The van der Waals surface area contributed by atoms with Crippen molar-refractivity contribution in [3.63, 3.8) is 0 Å². The summed E-state index contributed by atoms with van der Waals surface area (Å²) in [6, 6.07) is 7.79. The first-order valence-electron chi connectivity index (χ1n) is 7.69. The summed E-state index contributed by atoms with van der Waals surface area (Å²) in [5.74, 6) is 1.61. The van der Waals surface area contributed by atoms with E-state index in [0.29, 0.717) is 6.61 Å². The Morgan fingerprint density at radius 1 is 1.41 bits per heavy atom. The summed E-state index contributed by atoms with van der Waals surface area (Å²) in [4.78, 5) is 17.8. The van der Waals surface area contributed by atoms with Gasteiger partial charge in [-0.1, -0.05) is 18.2 Å². The highest BCUT2D eigenvalue weighted by Gasteiger charge is 2.28. The Labute approximate surface area is 133 Å². The third kappa shape index (κ3) is 2.61. The monoisotopic (exact) mass is 314 g/mol. The van der Waals surface area contributed by atoms with Gasteiger partial charge in [0.2, 0.25) is 0 Å². The van der Waals surface area contributed by atoms with Crippen molar-refractivity contribution in [2.45, 2.75) is 32.2 Å². The van der Waals surface area contributed by atoms with Crippen LogP contribution in [0.3, 0.4) is 0 Å². The van der Waals surface area contributed by atoms with Crippen molar-refractivity contribution < 1.29 is 9.53 Å². The zero-order valence-electron chi connectivity index (χ0n) is 12.5. The van der Waals surface area contributed by atoms with Crippen molar-refractivity contribution in [2.75, 3.05) is 6.61 Å². The van der Waals surface area contributed by atoms with Gasteiger partial charge in [-0.3, -0.25) is 4.79 Å². The van der Waals surface area contributed by atoms with E-state index in [-0.39, 0.29) is 11.9 Å². The number of aryl methyl sites for hydroxylation is 1. The van der Waals surface area contributed by atoms with Gasteiger partial charge in [-0.15, -0.1) is 11.3 Å². The molecule has 1 amide bonds. The maximum absolute atomic E-state index is 12.5. The van der Waals surface area contributed by atoms with Gasteiger partial charge in [-0.25, -0.2) is 4.98 Å². The Kier molecular flexibility index (Phi) is 3.37. The fraction of sp³-hybridized carbons (Fsp3) is 0.412. The first kappa shape index (κ1) is 13.8. The molecule has 1 aromatic heterocycles. The highest BCUT2D eigenvalue weighted by atomic mass is 32.1. The molecule has 1 saturated carbocycles. The molecule has 5 heteroatoms. The van der Waals surface area contributed by atoms with Gasteiger partial charge < -0.3 is 10.1 Å². The lowest BCUT2D eigenvalue weighted by molar-refractivity contribution is 0.0933. The van der Waals surface area contributed by atoms with E-state index in [9.17, 15) is 4.79 Å². The molecule has 2 heterocycles. The Morgan fingerprint density at radius 3 is 3.05 bits per heavy atom. The number of rotatable bonds is 4. The molecule has 1 atom stereocenters. The number of amides is 1. The van der Waals surface area contributed by atoms with Crippen LogP contribution < -0.4 is 10.1 Å². The van der Waals surface area contributed by atoms with Crippen LogP contribution in [0, 0.1) is 12.8 Å². The number of carbonyl (C=O) groups is 1. The summed E-state index contributed by atoms with van der Waals surface area (Å²) in [6.45, 7) is 2.42. The van der Waals surface area contributed by atoms with E-state index < -0.39 is 0 Å². The number of hydrogen-bond donors (Lipinski definition) is 1. The number of hydrogen-bond acceptors (Lipinski definition) is 4. The van der Waals surface area contributed by atoms with Crippen LogP contribution in [0.25, 0.3) is 0 Å². The van der Waals surface area contributed by atoms with Crippen LogP contribution in [-0.4, -0.2) is 17.5 Å². The molecular weight excluding hydrogens is 296 g/mol. The van der Waals surface area contributed by atoms with E-state index in [1.54, 1.807) is 0 Å². The predicted molar refractivity (Wildman–Crippen MR) is 85.4 cm³/mol. The molecule has 1 aliphatic heterocycles. The molecule has 2 aliphatic rings. The molecule has 2 aromatic rings. The smallest absolute Gasteiger partial charge is 0.263 e. The van der Waals surface area contributed by atoms with Crippen LogP contribution in [0.4, 0.5) is 0 Å². The van der Waals surface area contributed by atoms with Gasteiger partial charge in [-0.05, 0) is 31.7 Å². The fourth-order valence-electron chi connectivity index (χ4n) is 2.83. The third-order valence-electron chi connectivity index (χ3n) is 4.21. The number of aromatic nitrogens is 1. The summed E-state index contributed by atoms with van der Waals surface area (Å²) >= 11 is 1.54. The van der Waals surface area contributed by atoms with Crippen LogP contribution in [0.1, 0.15) is 44.8 Å². The molecule has 0 radical (unpaired) electrons. The predicted octanol–water partition coefficient (Wildman–Crippen LogP) is 3.27. The lowest BCUT2D eigenvalue weighted by Gasteiger charge is -2.10. The molecule has 4 rings (SSSR count). The maximum Gasteiger partial charge on any atom is 0.263 e. The van der Waals surface area contributed by atoms with Crippen LogP contribution in [0.15, 0.2) is 24.3 Å². The third-order valence-corrected chi connectivity index (χ3v) is 5.39. The number of fused-ring (bicyclic) bond motifs is 1. The second-order valence-corrected chi connectivity index (χ2v) is 7.13. The second kappa shape index (κ2) is 5.39. The average Bonchev–Trinajstić information content (AvgIpc) is 3.12. The molecule has 0 saturated heterocycles. The molecule has 22 heavy (non-hydrogen) atoms. The lowest BCUT2D eigenvalue weighted by Crippen LogP contribution is -2.29. The minimum absolute atomic E-state index is 0.0395. The fourth-order valence-corrected chi connectivity index (χ4v) is 3.91. The highest BCUT2D eigenvalue weighted by molar-refractivity contribution is 7.13. The minimum Gasteiger partial charge on any atom is -0.491 e. The van der Waals surface area contributed by atoms with E-state index in [2.05, 4.69) is 10.3 Å². The summed E-state index contributed by atoms with van der Waals surface area (Å²) in [6.07, 6.45) is 3.63. The summed E-state index contributed by atoms with van der Waals surface area (Å²) < 4.78 is 5.62. The summed E-state index contributed by atoms with van der Waals surface area (Å²) in [7, 11) is 0. The number of nitrogens with zero attached hydrogens (tertiary/aromatic N) is 1. The van der Waals surface area contributed by atoms with Crippen molar-refractivity contribution in [3.8, 4) is 5.75 Å². The topological polar surface area (TPSA) is 51.2 Å². The maximum atomic E-state index is 12.5. The van der Waals surface area contributed by atoms with E-state index in [0.717, 1.165) is 39.2 Å². The standard InChI is InChI=1S/C17H18N2O2S/c1-10-16(22-15(18-10)8-11-6-7-11)17(20)19-13-9-21-14-5-3-2-4-12(13)14/h2-5,11,13H,6-9H2,1H3,(H,19,20). The molecule has 1 unspecified atom stereocenters. The molecule has 0 spiro atoms. The summed E-state index contributed by atoms with van der Waals surface area (Å²) in [5.41, 5.74) is 1.89. The number of nitrogens with one attached hydrogen (secondary N) is 1. The largest absolute Gasteiger partial charge is 0.491 e. The van der Waals surface area contributed by atoms with Crippen molar-refractivity contribution in [1.82, 2.24) is 10.3 Å². The Hall–Kier alpha value is -1.88. The first-order valence-corrected chi connectivity index (χ1v) is 8.51. The molecule has 0 bridgehead atoms. The van der Waals surface area contributed by atoms with Gasteiger partial charge in [0, 0.05) is 12.0 Å². The number of para-hydroxylation sites is 1. The van der Waals surface area contributed by atoms with Crippen LogP contribution in [-0.2, 0) is 6.42 Å². The van der Waals surface area contributed by atoms with Crippen molar-refractivity contribution >= 4 is 17.2 Å². The minimum atomic E-state index is -0.0721. The van der Waals surface area contributed by atoms with Crippen LogP contribution >= 0.6 is 11.3 Å². The lowest BCUT2D eigenvalue weighted by atomic mass is 10.1. The van der Waals surface area contributed by atoms with E-state index >= 15 is 0 Å². The Balaban J connectivity index is 1.49. The summed E-state index contributed by atoms with van der Waals surface area (Å²) in [5, 5.41) is 4.17. The quantitative estimate of drug-likeness (QED) is 0.942. The Morgan fingerprint density at radius 2 is 2.23 bits per heavy atom. The van der Waals surface area contributed by atoms with Gasteiger partial charge in [0.1, 0.15) is 17.2 Å². The SMILES string of the molecule is Cc1nc(CC2CC2)sc1C(=O)NC1COc2ccccc21. The first-order chi connectivity index (χ1) is 10.7. The highest BCUT2D eigenvalue weighted by Crippen LogP contribution is 2.35. The molecule has 114 valence electrons. The van der Waals surface area contributed by atoms with E-state index in [4.69, 9.17) is 4.74 Å². The molecule has 1 aromatic carbocycles. The normalized spacial score (nSPS) is 19.6. The average molecular weight is 314 g/mol. The molecule has 1 N–H and O–H groups in total. The van der Waals surface area contributed by atoms with Crippen LogP contribution in [0.5, 0.6) is 5.75 Å². The van der Waals surface area contributed by atoms with Gasteiger partial charge >= 0.3 is 0 Å². The zero-order chi connectivity index (χ0) is 15.1. The van der Waals surface area contributed by atoms with Gasteiger partial charge in [0.25, 0.3) is 5.91 Å². The second-order valence-electron chi connectivity index (χ2n) is 6.04. The van der Waals surface area contributed by atoms with Crippen molar-refractivity contribution in [3.05, 3.63) is 45.4 Å². The molecule has 4 nitrogen and oxygen atoms in total.